The lowest BCUT2D eigenvalue weighted by atomic mass is 10.3. The number of nitriles is 1. The maximum absolute atomic E-state index is 8.70. The molecule has 1 aromatic rings. The largest absolute Gasteiger partial charge is 0.298 e. The van der Waals surface area contributed by atoms with Crippen LogP contribution in [0.1, 0.15) is 17.8 Å². The van der Waals surface area contributed by atoms with Crippen molar-refractivity contribution in [3.63, 3.8) is 0 Å². The molecule has 3 nitrogen and oxygen atoms in total. The van der Waals surface area contributed by atoms with E-state index in [0.717, 1.165) is 11.4 Å². The van der Waals surface area contributed by atoms with Crippen LogP contribution in [0.15, 0.2) is 11.7 Å². The van der Waals surface area contributed by atoms with E-state index in [-0.39, 0.29) is 6.04 Å². The van der Waals surface area contributed by atoms with E-state index in [1.54, 1.807) is 11.7 Å². The third kappa shape index (κ3) is 2.00. The van der Waals surface area contributed by atoms with E-state index in [0.29, 0.717) is 0 Å². The molecule has 1 N–H and O–H groups in total. The minimum Gasteiger partial charge on any atom is -0.298 e. The summed E-state index contributed by atoms with van der Waals surface area (Å²) < 4.78 is 0. The van der Waals surface area contributed by atoms with Gasteiger partial charge in [0, 0.05) is 6.20 Å². The molecule has 0 aromatic carbocycles. The molecule has 0 saturated heterocycles. The summed E-state index contributed by atoms with van der Waals surface area (Å²) in [7, 11) is 0. The molecule has 0 aliphatic heterocycles. The van der Waals surface area contributed by atoms with Crippen molar-refractivity contribution in [1.29, 1.82) is 5.26 Å². The SMILES string of the molecule is CCNC(C#N)c1cncs1. The Morgan fingerprint density at radius 3 is 3.18 bits per heavy atom. The van der Waals surface area contributed by atoms with Crippen molar-refractivity contribution < 1.29 is 0 Å². The van der Waals surface area contributed by atoms with E-state index in [2.05, 4.69) is 16.4 Å². The molecule has 0 radical (unpaired) electrons. The van der Waals surface area contributed by atoms with Crippen molar-refractivity contribution in [1.82, 2.24) is 10.3 Å². The fourth-order valence-electron chi connectivity index (χ4n) is 0.782. The van der Waals surface area contributed by atoms with Crippen LogP contribution in [0.3, 0.4) is 0 Å². The molecule has 0 fully saturated rings. The molecule has 1 aromatic heterocycles. The lowest BCUT2D eigenvalue weighted by Crippen LogP contribution is -2.17. The Kier molecular flexibility index (Phi) is 3.02. The number of nitrogens with one attached hydrogen (secondary N) is 1. The van der Waals surface area contributed by atoms with Gasteiger partial charge in [-0.25, -0.2) is 0 Å². The molecule has 11 heavy (non-hydrogen) atoms. The van der Waals surface area contributed by atoms with Crippen LogP contribution in [0, 0.1) is 11.3 Å². The fourth-order valence-corrected chi connectivity index (χ4v) is 1.42. The summed E-state index contributed by atoms with van der Waals surface area (Å²) in [6, 6.07) is 1.98. The highest BCUT2D eigenvalue weighted by Gasteiger charge is 2.08. The van der Waals surface area contributed by atoms with Gasteiger partial charge in [-0.05, 0) is 6.54 Å². The second kappa shape index (κ2) is 4.06. The molecule has 1 unspecified atom stereocenters. The molecule has 1 heterocycles. The Morgan fingerprint density at radius 2 is 2.73 bits per heavy atom. The standard InChI is InChI=1S/C7H9N3S/c1-2-10-6(3-8)7-4-9-5-11-7/h4-6,10H,2H2,1H3. The third-order valence-corrected chi connectivity index (χ3v) is 2.11. The highest BCUT2D eigenvalue weighted by molar-refractivity contribution is 7.09. The molecule has 1 atom stereocenters. The van der Waals surface area contributed by atoms with Crippen LogP contribution in [-0.4, -0.2) is 11.5 Å². The Balaban J connectivity index is 2.65. The molecule has 0 amide bonds. The lowest BCUT2D eigenvalue weighted by Gasteiger charge is -2.04. The summed E-state index contributed by atoms with van der Waals surface area (Å²) in [6.45, 7) is 2.78. The van der Waals surface area contributed by atoms with Crippen molar-refractivity contribution in [2.75, 3.05) is 6.54 Å². The first-order chi connectivity index (χ1) is 5.38. The predicted molar refractivity (Wildman–Crippen MR) is 44.1 cm³/mol. The Hall–Kier alpha value is -0.920. The molecule has 4 heteroatoms. The van der Waals surface area contributed by atoms with E-state index in [4.69, 9.17) is 5.26 Å². The molecule has 0 aliphatic rings. The van der Waals surface area contributed by atoms with Crippen LogP contribution < -0.4 is 5.32 Å². The van der Waals surface area contributed by atoms with Gasteiger partial charge in [0.15, 0.2) is 0 Å². The number of aromatic nitrogens is 1. The Morgan fingerprint density at radius 1 is 1.91 bits per heavy atom. The fraction of sp³-hybridized carbons (Fsp3) is 0.429. The number of thiazole rings is 1. The van der Waals surface area contributed by atoms with Gasteiger partial charge in [0.1, 0.15) is 6.04 Å². The summed E-state index contributed by atoms with van der Waals surface area (Å²) in [5.74, 6) is 0. The van der Waals surface area contributed by atoms with E-state index >= 15 is 0 Å². The first-order valence-corrected chi connectivity index (χ1v) is 4.27. The molecule has 1 rings (SSSR count). The molecule has 0 spiro atoms. The molecule has 0 aliphatic carbocycles. The van der Waals surface area contributed by atoms with Gasteiger partial charge >= 0.3 is 0 Å². The smallest absolute Gasteiger partial charge is 0.132 e. The molecular weight excluding hydrogens is 158 g/mol. The highest BCUT2D eigenvalue weighted by atomic mass is 32.1. The molecular formula is C7H9N3S. The average molecular weight is 167 g/mol. The minimum absolute atomic E-state index is 0.188. The molecule has 58 valence electrons. The zero-order chi connectivity index (χ0) is 8.10. The number of hydrogen-bond acceptors (Lipinski definition) is 4. The van der Waals surface area contributed by atoms with Crippen LogP contribution in [0.4, 0.5) is 0 Å². The normalized spacial score (nSPS) is 12.4. The summed E-state index contributed by atoms with van der Waals surface area (Å²) in [4.78, 5) is 4.88. The first kappa shape index (κ1) is 8.18. The van der Waals surface area contributed by atoms with Gasteiger partial charge in [-0.2, -0.15) is 5.26 Å². The highest BCUT2D eigenvalue weighted by Crippen LogP contribution is 2.15. The van der Waals surface area contributed by atoms with Crippen molar-refractivity contribution in [3.05, 3.63) is 16.6 Å². The van der Waals surface area contributed by atoms with Gasteiger partial charge in [-0.1, -0.05) is 6.92 Å². The summed E-state index contributed by atoms with van der Waals surface area (Å²) in [5.41, 5.74) is 1.73. The van der Waals surface area contributed by atoms with Crippen LogP contribution >= 0.6 is 11.3 Å². The van der Waals surface area contributed by atoms with E-state index < -0.39 is 0 Å². The topological polar surface area (TPSA) is 48.7 Å². The second-order valence-electron chi connectivity index (χ2n) is 2.02. The molecule has 0 bridgehead atoms. The van der Waals surface area contributed by atoms with Gasteiger partial charge in [-0.15, -0.1) is 11.3 Å². The molecule has 0 saturated carbocycles. The lowest BCUT2D eigenvalue weighted by molar-refractivity contribution is 0.666. The third-order valence-electron chi connectivity index (χ3n) is 1.27. The van der Waals surface area contributed by atoms with Crippen molar-refractivity contribution in [2.24, 2.45) is 0 Å². The quantitative estimate of drug-likeness (QED) is 0.738. The Labute approximate surface area is 69.7 Å². The zero-order valence-corrected chi connectivity index (χ0v) is 7.06. The maximum Gasteiger partial charge on any atom is 0.132 e. The van der Waals surface area contributed by atoms with Crippen LogP contribution in [0.25, 0.3) is 0 Å². The maximum atomic E-state index is 8.70. The van der Waals surface area contributed by atoms with Crippen LogP contribution in [0.2, 0.25) is 0 Å². The van der Waals surface area contributed by atoms with E-state index in [1.807, 2.05) is 6.92 Å². The van der Waals surface area contributed by atoms with Crippen LogP contribution in [-0.2, 0) is 0 Å². The van der Waals surface area contributed by atoms with E-state index in [9.17, 15) is 0 Å². The van der Waals surface area contributed by atoms with Gasteiger partial charge < -0.3 is 0 Å². The van der Waals surface area contributed by atoms with Crippen LogP contribution in [0.5, 0.6) is 0 Å². The monoisotopic (exact) mass is 167 g/mol. The van der Waals surface area contributed by atoms with Crippen molar-refractivity contribution >= 4 is 11.3 Å². The minimum atomic E-state index is -0.188. The van der Waals surface area contributed by atoms with E-state index in [1.165, 1.54) is 11.3 Å². The predicted octanol–water partition coefficient (Wildman–Crippen LogP) is 1.32. The second-order valence-corrected chi connectivity index (χ2v) is 2.94. The summed E-state index contributed by atoms with van der Waals surface area (Å²) in [5, 5.41) is 11.7. The number of rotatable bonds is 3. The van der Waals surface area contributed by atoms with Crippen molar-refractivity contribution in [3.8, 4) is 6.07 Å². The van der Waals surface area contributed by atoms with Gasteiger partial charge in [0.05, 0.1) is 16.5 Å². The van der Waals surface area contributed by atoms with Crippen molar-refractivity contribution in [2.45, 2.75) is 13.0 Å². The summed E-state index contributed by atoms with van der Waals surface area (Å²) in [6.07, 6.45) is 1.72. The van der Waals surface area contributed by atoms with Gasteiger partial charge in [-0.3, -0.25) is 10.3 Å². The summed E-state index contributed by atoms with van der Waals surface area (Å²) >= 11 is 1.50. The average Bonchev–Trinajstić information content (AvgIpc) is 2.52. The number of hydrogen-bond donors (Lipinski definition) is 1. The first-order valence-electron chi connectivity index (χ1n) is 3.40. The van der Waals surface area contributed by atoms with Gasteiger partial charge in [0.2, 0.25) is 0 Å². The van der Waals surface area contributed by atoms with Gasteiger partial charge in [0.25, 0.3) is 0 Å². The number of nitrogens with zero attached hydrogens (tertiary/aromatic N) is 2. The Bertz CT molecular complexity index is 237. The zero-order valence-electron chi connectivity index (χ0n) is 6.24.